The van der Waals surface area contributed by atoms with Crippen molar-refractivity contribution in [3.63, 3.8) is 0 Å². The van der Waals surface area contributed by atoms with Gasteiger partial charge in [-0.2, -0.15) is 13.2 Å². The lowest BCUT2D eigenvalue weighted by molar-refractivity contribution is -0.385. The maximum Gasteiger partial charge on any atom is 0.418 e. The summed E-state index contributed by atoms with van der Waals surface area (Å²) >= 11 is 0. The van der Waals surface area contributed by atoms with Gasteiger partial charge >= 0.3 is 12.1 Å². The molecule has 1 fully saturated rings. The van der Waals surface area contributed by atoms with Crippen molar-refractivity contribution in [3.05, 3.63) is 33.9 Å². The highest BCUT2D eigenvalue weighted by Gasteiger charge is 2.39. The van der Waals surface area contributed by atoms with Crippen LogP contribution >= 0.6 is 0 Å². The maximum absolute atomic E-state index is 13.2. The minimum atomic E-state index is -4.77. The van der Waals surface area contributed by atoms with Crippen LogP contribution in [0.5, 0.6) is 0 Å². The van der Waals surface area contributed by atoms with E-state index < -0.39 is 40.3 Å². The van der Waals surface area contributed by atoms with E-state index in [-0.39, 0.29) is 31.6 Å². The Balaban J connectivity index is 2.27. The molecular weight excluding hydrogens is 333 g/mol. The molecule has 0 bridgehead atoms. The predicted molar refractivity (Wildman–Crippen MR) is 76.7 cm³/mol. The molecule has 1 aliphatic heterocycles. The summed E-state index contributed by atoms with van der Waals surface area (Å²) in [6, 6.07) is 2.50. The molecule has 0 aromatic heterocycles. The fourth-order valence-electron chi connectivity index (χ4n) is 2.76. The van der Waals surface area contributed by atoms with Crippen LogP contribution in [0.2, 0.25) is 0 Å². The van der Waals surface area contributed by atoms with Crippen LogP contribution in [0.25, 0.3) is 0 Å². The normalized spacial score (nSPS) is 17.6. The topological polar surface area (TPSA) is 104 Å². The molecule has 2 rings (SSSR count). The summed E-state index contributed by atoms with van der Waals surface area (Å²) in [6.07, 6.45) is -5.26. The smallest absolute Gasteiger partial charge is 0.418 e. The van der Waals surface area contributed by atoms with E-state index in [9.17, 15) is 33.2 Å². The molecular formula is C14H15F3N2O5. The number of aliphatic carboxylic acids is 1. The third-order valence-corrected chi connectivity index (χ3v) is 4.01. The Hall–Kier alpha value is -2.36. The van der Waals surface area contributed by atoms with Crippen LogP contribution in [-0.2, 0) is 11.0 Å². The third kappa shape index (κ3) is 3.94. The summed E-state index contributed by atoms with van der Waals surface area (Å²) in [5, 5.41) is 29.6. The van der Waals surface area contributed by atoms with Crippen molar-refractivity contribution in [3.8, 4) is 0 Å². The van der Waals surface area contributed by atoms with E-state index in [1.165, 1.54) is 4.90 Å². The molecule has 132 valence electrons. The van der Waals surface area contributed by atoms with Crippen LogP contribution in [0.15, 0.2) is 18.2 Å². The maximum atomic E-state index is 13.2. The molecule has 0 amide bonds. The number of halogens is 3. The number of carbonyl (C=O) groups is 1. The average Bonchev–Trinajstić information content (AvgIpc) is 2.45. The van der Waals surface area contributed by atoms with Gasteiger partial charge in [0.25, 0.3) is 5.69 Å². The second-order valence-corrected chi connectivity index (χ2v) is 5.74. The van der Waals surface area contributed by atoms with E-state index >= 15 is 0 Å². The zero-order valence-electron chi connectivity index (χ0n) is 12.4. The van der Waals surface area contributed by atoms with Gasteiger partial charge in [-0.15, -0.1) is 0 Å². The molecule has 1 aliphatic rings. The van der Waals surface area contributed by atoms with Crippen molar-refractivity contribution >= 4 is 17.3 Å². The number of alkyl halides is 3. The number of non-ortho nitro benzene ring substituents is 1. The van der Waals surface area contributed by atoms with Crippen LogP contribution in [0.1, 0.15) is 24.8 Å². The lowest BCUT2D eigenvalue weighted by atomic mass is 9.88. The van der Waals surface area contributed by atoms with E-state index in [1.54, 1.807) is 0 Å². The predicted octanol–water partition coefficient (Wildman–Crippen LogP) is 2.42. The van der Waals surface area contributed by atoms with Crippen LogP contribution in [0.4, 0.5) is 24.5 Å². The number of nitro benzene ring substituents is 1. The lowest BCUT2D eigenvalue weighted by Crippen LogP contribution is -2.46. The number of anilines is 1. The fraction of sp³-hybridized carbons (Fsp3) is 0.500. The standard InChI is InChI=1S/C14H15F3N2O5/c15-14(16,17)10-7-9(19(23)24)1-2-11(10)18-5-3-13(22,4-6-18)8-12(20)21/h1-2,7,22H,3-6,8H2,(H,20,21). The Kier molecular flexibility index (Phi) is 4.70. The van der Waals surface area contributed by atoms with Gasteiger partial charge < -0.3 is 15.1 Å². The molecule has 1 aromatic carbocycles. The van der Waals surface area contributed by atoms with Gasteiger partial charge in [0.15, 0.2) is 0 Å². The van der Waals surface area contributed by atoms with Gasteiger partial charge in [-0.3, -0.25) is 14.9 Å². The summed E-state index contributed by atoms with van der Waals surface area (Å²) in [5.74, 6) is -1.18. The molecule has 0 radical (unpaired) electrons. The number of hydrogen-bond donors (Lipinski definition) is 2. The van der Waals surface area contributed by atoms with E-state index in [0.717, 1.165) is 12.1 Å². The number of hydrogen-bond acceptors (Lipinski definition) is 5. The molecule has 24 heavy (non-hydrogen) atoms. The third-order valence-electron chi connectivity index (χ3n) is 4.01. The van der Waals surface area contributed by atoms with E-state index in [0.29, 0.717) is 6.07 Å². The van der Waals surface area contributed by atoms with Crippen LogP contribution in [0, 0.1) is 10.1 Å². The number of carboxylic acids is 1. The van der Waals surface area contributed by atoms with Gasteiger partial charge in [0.05, 0.1) is 22.5 Å². The van der Waals surface area contributed by atoms with E-state index in [2.05, 4.69) is 0 Å². The van der Waals surface area contributed by atoms with Crippen LogP contribution in [0.3, 0.4) is 0 Å². The van der Waals surface area contributed by atoms with Crippen molar-refractivity contribution < 1.29 is 33.1 Å². The summed E-state index contributed by atoms with van der Waals surface area (Å²) < 4.78 is 39.6. The highest BCUT2D eigenvalue weighted by Crippen LogP contribution is 2.40. The summed E-state index contributed by atoms with van der Waals surface area (Å²) in [5.41, 5.74) is -3.46. The molecule has 2 N–H and O–H groups in total. The molecule has 0 saturated carbocycles. The van der Waals surface area contributed by atoms with Gasteiger partial charge in [0.1, 0.15) is 0 Å². The van der Waals surface area contributed by atoms with Gasteiger partial charge in [-0.1, -0.05) is 0 Å². The van der Waals surface area contributed by atoms with Crippen molar-refractivity contribution in [2.45, 2.75) is 31.0 Å². The Morgan fingerprint density at radius 2 is 1.92 bits per heavy atom. The number of carboxylic acid groups (broad SMARTS) is 1. The number of piperidine rings is 1. The summed E-state index contributed by atoms with van der Waals surface area (Å²) in [7, 11) is 0. The molecule has 7 nitrogen and oxygen atoms in total. The van der Waals surface area contributed by atoms with Crippen LogP contribution < -0.4 is 4.90 Å². The fourth-order valence-corrected chi connectivity index (χ4v) is 2.76. The zero-order valence-corrected chi connectivity index (χ0v) is 12.4. The molecule has 0 spiro atoms. The van der Waals surface area contributed by atoms with Gasteiger partial charge in [-0.05, 0) is 18.9 Å². The number of nitro groups is 1. The van der Waals surface area contributed by atoms with Crippen LogP contribution in [-0.4, -0.2) is 39.8 Å². The molecule has 10 heteroatoms. The van der Waals surface area contributed by atoms with Crippen molar-refractivity contribution in [2.75, 3.05) is 18.0 Å². The first-order chi connectivity index (χ1) is 11.0. The second kappa shape index (κ2) is 6.27. The Labute approximate surface area is 134 Å². The SMILES string of the molecule is O=C(O)CC1(O)CCN(c2ccc([N+](=O)[O-])cc2C(F)(F)F)CC1. The monoisotopic (exact) mass is 348 g/mol. The highest BCUT2D eigenvalue weighted by atomic mass is 19.4. The molecule has 1 heterocycles. The lowest BCUT2D eigenvalue weighted by Gasteiger charge is -2.39. The number of nitrogens with zero attached hydrogens (tertiary/aromatic N) is 2. The summed E-state index contributed by atoms with van der Waals surface area (Å²) in [4.78, 5) is 21.9. The quantitative estimate of drug-likeness (QED) is 0.640. The molecule has 0 unspecified atom stereocenters. The van der Waals surface area contributed by atoms with Gasteiger partial charge in [0.2, 0.25) is 0 Å². The second-order valence-electron chi connectivity index (χ2n) is 5.74. The molecule has 0 atom stereocenters. The highest BCUT2D eigenvalue weighted by molar-refractivity contribution is 5.68. The van der Waals surface area contributed by atoms with E-state index in [4.69, 9.17) is 5.11 Å². The number of rotatable bonds is 4. The first kappa shape index (κ1) is 18.0. The Bertz CT molecular complexity index is 654. The van der Waals surface area contributed by atoms with E-state index in [1.807, 2.05) is 0 Å². The van der Waals surface area contributed by atoms with Crippen molar-refractivity contribution in [2.24, 2.45) is 0 Å². The Morgan fingerprint density at radius 1 is 1.33 bits per heavy atom. The molecule has 1 saturated heterocycles. The first-order valence-corrected chi connectivity index (χ1v) is 7.07. The minimum absolute atomic E-state index is 0.00636. The number of benzene rings is 1. The average molecular weight is 348 g/mol. The Morgan fingerprint density at radius 3 is 2.38 bits per heavy atom. The van der Waals surface area contributed by atoms with Gasteiger partial charge in [-0.25, -0.2) is 0 Å². The van der Waals surface area contributed by atoms with Gasteiger partial charge in [0, 0.05) is 30.9 Å². The minimum Gasteiger partial charge on any atom is -0.481 e. The molecule has 0 aliphatic carbocycles. The largest absolute Gasteiger partial charge is 0.481 e. The van der Waals surface area contributed by atoms with Crippen molar-refractivity contribution in [1.29, 1.82) is 0 Å². The molecule has 1 aromatic rings. The van der Waals surface area contributed by atoms with Crippen molar-refractivity contribution in [1.82, 2.24) is 0 Å². The number of aliphatic hydroxyl groups is 1. The summed E-state index contributed by atoms with van der Waals surface area (Å²) in [6.45, 7) is 0.0370. The zero-order chi connectivity index (χ0) is 18.1. The first-order valence-electron chi connectivity index (χ1n) is 7.07.